The molecular weight excluding hydrogens is 472 g/mol. The monoisotopic (exact) mass is 490 g/mol. The third-order valence-electron chi connectivity index (χ3n) is 5.69. The van der Waals surface area contributed by atoms with Crippen LogP contribution in [0.2, 0.25) is 5.02 Å². The number of ether oxygens (including phenoxy) is 1. The Balaban J connectivity index is 1.38. The van der Waals surface area contributed by atoms with E-state index in [1.165, 1.54) is 18.3 Å². The van der Waals surface area contributed by atoms with Gasteiger partial charge in [-0.05, 0) is 35.9 Å². The lowest BCUT2D eigenvalue weighted by molar-refractivity contribution is -0.136. The topological polar surface area (TPSA) is 107 Å². The van der Waals surface area contributed by atoms with E-state index in [4.69, 9.17) is 20.8 Å². The van der Waals surface area contributed by atoms with E-state index in [-0.39, 0.29) is 11.3 Å². The normalized spacial score (nSPS) is 15.3. The molecule has 1 aliphatic rings. The maximum absolute atomic E-state index is 13.1. The number of hydrogen-bond acceptors (Lipinski definition) is 7. The lowest BCUT2D eigenvalue weighted by atomic mass is 10.0. The molecule has 1 unspecified atom stereocenters. The molecule has 0 radical (unpaired) electrons. The summed E-state index contributed by atoms with van der Waals surface area (Å²) in [6.07, 6.45) is 1.94. The van der Waals surface area contributed by atoms with Crippen LogP contribution < -0.4 is 5.56 Å². The van der Waals surface area contributed by atoms with E-state index in [9.17, 15) is 14.4 Å². The largest absolute Gasteiger partial charge is 0.467 e. The van der Waals surface area contributed by atoms with Gasteiger partial charge in [0.05, 0.1) is 17.4 Å². The molecule has 9 nitrogen and oxygen atoms in total. The first-order chi connectivity index (χ1) is 16.9. The molecule has 0 spiro atoms. The van der Waals surface area contributed by atoms with E-state index >= 15 is 0 Å². The number of carbonyl (C=O) groups excluding carboxylic acids is 2. The van der Waals surface area contributed by atoms with Crippen molar-refractivity contribution in [2.75, 3.05) is 6.61 Å². The summed E-state index contributed by atoms with van der Waals surface area (Å²) < 4.78 is 11.9. The van der Waals surface area contributed by atoms with Gasteiger partial charge in [0.2, 0.25) is 0 Å². The average Bonchev–Trinajstić information content (AvgIpc) is 3.55. The highest BCUT2D eigenvalue weighted by atomic mass is 35.5. The number of halogens is 1. The molecule has 1 amide bonds. The maximum atomic E-state index is 13.1. The van der Waals surface area contributed by atoms with E-state index < -0.39 is 24.5 Å². The predicted molar refractivity (Wildman–Crippen MR) is 128 cm³/mol. The van der Waals surface area contributed by atoms with Crippen LogP contribution in [0.4, 0.5) is 0 Å². The molecule has 3 heterocycles. The van der Waals surface area contributed by atoms with Crippen molar-refractivity contribution in [3.63, 3.8) is 0 Å². The zero-order valence-corrected chi connectivity index (χ0v) is 19.3. The number of amides is 1. The number of rotatable bonds is 5. The average molecular weight is 491 g/mol. The Morgan fingerprint density at radius 2 is 1.83 bits per heavy atom. The molecular formula is C25H19ClN4O5. The van der Waals surface area contributed by atoms with Crippen LogP contribution in [0, 0.1) is 0 Å². The Morgan fingerprint density at radius 3 is 2.54 bits per heavy atom. The summed E-state index contributed by atoms with van der Waals surface area (Å²) in [5.74, 6) is -0.790. The summed E-state index contributed by atoms with van der Waals surface area (Å²) in [6, 6.07) is 16.7. The van der Waals surface area contributed by atoms with Crippen LogP contribution in [0.15, 0.2) is 81.2 Å². The van der Waals surface area contributed by atoms with Crippen LogP contribution >= 0.6 is 11.6 Å². The number of hydrogen-bond donors (Lipinski definition) is 0. The number of fused-ring (bicyclic) bond motifs is 1. The number of aryl methyl sites for hydroxylation is 1. The van der Waals surface area contributed by atoms with Gasteiger partial charge in [-0.2, -0.15) is 10.2 Å². The van der Waals surface area contributed by atoms with Crippen molar-refractivity contribution in [1.29, 1.82) is 0 Å². The Bertz CT molecular complexity index is 1510. The summed E-state index contributed by atoms with van der Waals surface area (Å²) in [7, 11) is 1.45. The number of furan rings is 1. The van der Waals surface area contributed by atoms with E-state index in [0.717, 1.165) is 10.2 Å². The van der Waals surface area contributed by atoms with Crippen LogP contribution in [0.3, 0.4) is 0 Å². The first kappa shape index (κ1) is 22.5. The molecule has 35 heavy (non-hydrogen) atoms. The molecule has 176 valence electrons. The second-order valence-electron chi connectivity index (χ2n) is 7.93. The zero-order chi connectivity index (χ0) is 24.5. The van der Waals surface area contributed by atoms with Crippen molar-refractivity contribution in [1.82, 2.24) is 14.8 Å². The first-order valence-electron chi connectivity index (χ1n) is 10.7. The van der Waals surface area contributed by atoms with E-state index in [1.54, 1.807) is 48.5 Å². The van der Waals surface area contributed by atoms with Gasteiger partial charge < -0.3 is 9.15 Å². The van der Waals surface area contributed by atoms with Crippen molar-refractivity contribution in [3.05, 3.63) is 99.3 Å². The van der Waals surface area contributed by atoms with Crippen molar-refractivity contribution < 1.29 is 18.7 Å². The van der Waals surface area contributed by atoms with Crippen molar-refractivity contribution >= 4 is 40.0 Å². The summed E-state index contributed by atoms with van der Waals surface area (Å²) in [5, 5.41) is 11.1. The Kier molecular flexibility index (Phi) is 5.92. The van der Waals surface area contributed by atoms with E-state index in [1.807, 2.05) is 12.1 Å². The van der Waals surface area contributed by atoms with Crippen LogP contribution in [0.1, 0.15) is 34.3 Å². The van der Waals surface area contributed by atoms with Gasteiger partial charge >= 0.3 is 5.97 Å². The minimum Gasteiger partial charge on any atom is -0.467 e. The lowest BCUT2D eigenvalue weighted by Crippen LogP contribution is -2.31. The smallest absolute Gasteiger partial charge is 0.359 e. The quantitative estimate of drug-likeness (QED) is 0.395. The number of carbonyl (C=O) groups is 2. The second-order valence-corrected chi connectivity index (χ2v) is 8.36. The Labute approximate surface area is 204 Å². The molecule has 4 aromatic rings. The minimum absolute atomic E-state index is 0.0511. The highest BCUT2D eigenvalue weighted by molar-refractivity contribution is 6.30. The second kappa shape index (κ2) is 9.19. The SMILES string of the molecule is Cn1nc(C(=O)OCC(=O)N2N=C(c3ccc(Cl)cc3)CC2c2ccco2)c2ccccc2c1=O. The van der Waals surface area contributed by atoms with Gasteiger partial charge in [0, 0.05) is 23.9 Å². The van der Waals surface area contributed by atoms with Crippen LogP contribution in [0.25, 0.3) is 10.8 Å². The van der Waals surface area contributed by atoms with Gasteiger partial charge in [-0.1, -0.05) is 41.9 Å². The molecule has 2 aromatic heterocycles. The van der Waals surface area contributed by atoms with Gasteiger partial charge in [0.25, 0.3) is 11.5 Å². The van der Waals surface area contributed by atoms with Gasteiger partial charge in [0.15, 0.2) is 12.3 Å². The van der Waals surface area contributed by atoms with Gasteiger partial charge in [-0.25, -0.2) is 14.5 Å². The summed E-state index contributed by atoms with van der Waals surface area (Å²) in [4.78, 5) is 38.3. The number of benzene rings is 2. The van der Waals surface area contributed by atoms with Crippen molar-refractivity contribution in [2.45, 2.75) is 12.5 Å². The fraction of sp³-hybridized carbons (Fsp3) is 0.160. The third-order valence-corrected chi connectivity index (χ3v) is 5.94. The molecule has 10 heteroatoms. The van der Waals surface area contributed by atoms with Gasteiger partial charge in [-0.3, -0.25) is 9.59 Å². The third kappa shape index (κ3) is 4.33. The van der Waals surface area contributed by atoms with Gasteiger partial charge in [-0.15, -0.1) is 0 Å². The molecule has 0 bridgehead atoms. The molecule has 0 fully saturated rings. The molecule has 1 atom stereocenters. The number of nitrogens with zero attached hydrogens (tertiary/aromatic N) is 4. The van der Waals surface area contributed by atoms with E-state index in [2.05, 4.69) is 10.2 Å². The molecule has 0 saturated carbocycles. The first-order valence-corrected chi connectivity index (χ1v) is 11.1. The highest BCUT2D eigenvalue weighted by Gasteiger charge is 2.35. The molecule has 5 rings (SSSR count). The molecule has 0 saturated heterocycles. The van der Waals surface area contributed by atoms with Crippen LogP contribution in [-0.2, 0) is 16.6 Å². The molecule has 0 N–H and O–H groups in total. The lowest BCUT2D eigenvalue weighted by Gasteiger charge is -2.19. The number of aromatic nitrogens is 2. The predicted octanol–water partition coefficient (Wildman–Crippen LogP) is 3.71. The highest BCUT2D eigenvalue weighted by Crippen LogP contribution is 2.33. The van der Waals surface area contributed by atoms with Gasteiger partial charge in [0.1, 0.15) is 11.8 Å². The van der Waals surface area contributed by atoms with Crippen LogP contribution in [-0.4, -0.2) is 39.0 Å². The molecule has 2 aromatic carbocycles. The van der Waals surface area contributed by atoms with E-state index in [0.29, 0.717) is 33.7 Å². The standard InChI is InChI=1S/C25H19ClN4O5/c1-29-24(32)18-6-3-2-5-17(18)23(28-29)25(33)35-14-22(31)30-20(21-7-4-12-34-21)13-19(27-30)15-8-10-16(26)11-9-15/h2-12,20H,13-14H2,1H3. The Hall–Kier alpha value is -4.24. The summed E-state index contributed by atoms with van der Waals surface area (Å²) in [5.41, 5.74) is 1.10. The van der Waals surface area contributed by atoms with Crippen molar-refractivity contribution in [3.8, 4) is 0 Å². The minimum atomic E-state index is -0.819. The van der Waals surface area contributed by atoms with Crippen LogP contribution in [0.5, 0.6) is 0 Å². The number of esters is 1. The molecule has 1 aliphatic heterocycles. The fourth-order valence-corrected chi connectivity index (χ4v) is 4.10. The Morgan fingerprint density at radius 1 is 1.09 bits per heavy atom. The molecule has 0 aliphatic carbocycles. The maximum Gasteiger partial charge on any atom is 0.359 e. The number of hydrazone groups is 1. The summed E-state index contributed by atoms with van der Waals surface area (Å²) in [6.45, 7) is -0.563. The fourth-order valence-electron chi connectivity index (χ4n) is 3.97. The summed E-state index contributed by atoms with van der Waals surface area (Å²) >= 11 is 5.99. The zero-order valence-electron chi connectivity index (χ0n) is 18.6. The van der Waals surface area contributed by atoms with Crippen molar-refractivity contribution in [2.24, 2.45) is 12.1 Å².